The van der Waals surface area contributed by atoms with E-state index >= 15 is 0 Å². The molecule has 23 heavy (non-hydrogen) atoms. The molecule has 0 amide bonds. The molecule has 3 rings (SSSR count). The molecule has 0 saturated heterocycles. The van der Waals surface area contributed by atoms with Gasteiger partial charge in [-0.1, -0.05) is 0 Å². The predicted octanol–water partition coefficient (Wildman–Crippen LogP) is 1.94. The summed E-state index contributed by atoms with van der Waals surface area (Å²) in [5.41, 5.74) is 2.82. The highest BCUT2D eigenvalue weighted by molar-refractivity contribution is 5.72. The van der Waals surface area contributed by atoms with Crippen molar-refractivity contribution in [3.05, 3.63) is 34.2 Å². The van der Waals surface area contributed by atoms with Gasteiger partial charge in [-0.15, -0.1) is 0 Å². The molecule has 0 radical (unpaired) electrons. The van der Waals surface area contributed by atoms with Crippen LogP contribution in [0.2, 0.25) is 0 Å². The average molecular weight is 315 g/mol. The smallest absolute Gasteiger partial charge is 0.349 e. The Kier molecular flexibility index (Phi) is 3.98. The summed E-state index contributed by atoms with van der Waals surface area (Å²) in [5.74, 6) is 2.06. The fraction of sp³-hybridized carbons (Fsp3) is 0.412. The second-order valence-electron chi connectivity index (χ2n) is 5.56. The zero-order valence-electron chi connectivity index (χ0n) is 13.9. The van der Waals surface area contributed by atoms with Crippen LogP contribution < -0.4 is 20.1 Å². The number of fused-ring (bicyclic) bond motifs is 3. The zero-order valence-corrected chi connectivity index (χ0v) is 13.9. The maximum Gasteiger partial charge on any atom is 0.349 e. The van der Waals surface area contributed by atoms with Gasteiger partial charge in [0, 0.05) is 31.8 Å². The van der Waals surface area contributed by atoms with Crippen molar-refractivity contribution in [3.8, 4) is 22.8 Å². The van der Waals surface area contributed by atoms with Crippen LogP contribution in [-0.4, -0.2) is 37.4 Å². The SMILES string of the molecule is CCN(C)c1cc2n(c(=O)n1)CCc1cc(OC)c(OC)cc1-2. The quantitative estimate of drug-likeness (QED) is 0.863. The van der Waals surface area contributed by atoms with Crippen LogP contribution in [0.15, 0.2) is 23.0 Å². The van der Waals surface area contributed by atoms with Crippen molar-refractivity contribution in [1.29, 1.82) is 0 Å². The van der Waals surface area contributed by atoms with Gasteiger partial charge in [0.1, 0.15) is 5.82 Å². The highest BCUT2D eigenvalue weighted by atomic mass is 16.5. The van der Waals surface area contributed by atoms with E-state index in [4.69, 9.17) is 9.47 Å². The lowest BCUT2D eigenvalue weighted by atomic mass is 9.97. The van der Waals surface area contributed by atoms with Crippen LogP contribution in [0, 0.1) is 0 Å². The zero-order chi connectivity index (χ0) is 16.6. The lowest BCUT2D eigenvalue weighted by Crippen LogP contribution is -2.31. The second-order valence-corrected chi connectivity index (χ2v) is 5.56. The maximum absolute atomic E-state index is 12.4. The molecule has 2 heterocycles. The van der Waals surface area contributed by atoms with Gasteiger partial charge in [0.25, 0.3) is 0 Å². The number of aryl methyl sites for hydroxylation is 1. The average Bonchev–Trinajstić information content (AvgIpc) is 2.59. The van der Waals surface area contributed by atoms with Gasteiger partial charge in [-0.25, -0.2) is 4.79 Å². The van der Waals surface area contributed by atoms with Crippen molar-refractivity contribution in [1.82, 2.24) is 9.55 Å². The molecule has 2 aromatic rings. The van der Waals surface area contributed by atoms with Crippen molar-refractivity contribution in [2.45, 2.75) is 19.9 Å². The van der Waals surface area contributed by atoms with Gasteiger partial charge in [-0.05, 0) is 31.0 Å². The van der Waals surface area contributed by atoms with Crippen LogP contribution in [-0.2, 0) is 13.0 Å². The summed E-state index contributed by atoms with van der Waals surface area (Å²) < 4.78 is 12.5. The van der Waals surface area contributed by atoms with E-state index in [0.29, 0.717) is 23.9 Å². The molecule has 1 aliphatic rings. The molecule has 1 aromatic carbocycles. The van der Waals surface area contributed by atoms with Crippen LogP contribution in [0.25, 0.3) is 11.3 Å². The first-order valence-corrected chi connectivity index (χ1v) is 7.67. The molecule has 6 heteroatoms. The molecular formula is C17H21N3O3. The summed E-state index contributed by atoms with van der Waals surface area (Å²) in [5, 5.41) is 0. The molecule has 0 N–H and O–H groups in total. The Labute approximate surface area is 135 Å². The Morgan fingerprint density at radius 1 is 1.22 bits per heavy atom. The molecule has 1 aliphatic heterocycles. The predicted molar refractivity (Wildman–Crippen MR) is 89.7 cm³/mol. The van der Waals surface area contributed by atoms with E-state index in [2.05, 4.69) is 4.98 Å². The van der Waals surface area contributed by atoms with E-state index in [-0.39, 0.29) is 5.69 Å². The van der Waals surface area contributed by atoms with Crippen LogP contribution in [0.3, 0.4) is 0 Å². The summed E-state index contributed by atoms with van der Waals surface area (Å²) in [7, 11) is 5.17. The molecule has 1 aromatic heterocycles. The number of hydrogen-bond donors (Lipinski definition) is 0. The largest absolute Gasteiger partial charge is 0.493 e. The van der Waals surface area contributed by atoms with E-state index in [1.165, 1.54) is 0 Å². The number of hydrogen-bond acceptors (Lipinski definition) is 5. The molecule has 0 spiro atoms. The van der Waals surface area contributed by atoms with E-state index in [1.807, 2.05) is 37.1 Å². The van der Waals surface area contributed by atoms with Crippen LogP contribution in [0.5, 0.6) is 11.5 Å². The van der Waals surface area contributed by atoms with Crippen molar-refractivity contribution in [2.75, 3.05) is 32.7 Å². The van der Waals surface area contributed by atoms with E-state index in [0.717, 1.165) is 29.8 Å². The van der Waals surface area contributed by atoms with E-state index < -0.39 is 0 Å². The monoisotopic (exact) mass is 315 g/mol. The molecule has 6 nitrogen and oxygen atoms in total. The normalized spacial score (nSPS) is 12.3. The fourth-order valence-electron chi connectivity index (χ4n) is 2.89. The van der Waals surface area contributed by atoms with Crippen molar-refractivity contribution in [2.24, 2.45) is 0 Å². The Bertz CT molecular complexity index is 798. The number of anilines is 1. The summed E-state index contributed by atoms with van der Waals surface area (Å²) >= 11 is 0. The van der Waals surface area contributed by atoms with E-state index in [1.54, 1.807) is 18.8 Å². The van der Waals surface area contributed by atoms with Gasteiger partial charge in [0.05, 0.1) is 19.9 Å². The van der Waals surface area contributed by atoms with Crippen molar-refractivity contribution < 1.29 is 9.47 Å². The number of ether oxygens (including phenoxy) is 2. The molecular weight excluding hydrogens is 294 g/mol. The summed E-state index contributed by atoms with van der Waals surface area (Å²) in [4.78, 5) is 18.5. The number of rotatable bonds is 4. The van der Waals surface area contributed by atoms with Crippen LogP contribution in [0.1, 0.15) is 12.5 Å². The van der Waals surface area contributed by atoms with Gasteiger partial charge >= 0.3 is 5.69 Å². The van der Waals surface area contributed by atoms with Crippen LogP contribution in [0.4, 0.5) is 5.82 Å². The summed E-state index contributed by atoms with van der Waals surface area (Å²) in [6.45, 7) is 3.44. The molecule has 0 aliphatic carbocycles. The third kappa shape index (κ3) is 2.54. The lowest BCUT2D eigenvalue weighted by Gasteiger charge is -2.25. The third-order valence-electron chi connectivity index (χ3n) is 4.35. The molecule has 0 unspecified atom stereocenters. The fourth-order valence-corrected chi connectivity index (χ4v) is 2.89. The Balaban J connectivity index is 2.23. The number of methoxy groups -OCH3 is 2. The molecule has 0 saturated carbocycles. The molecule has 122 valence electrons. The van der Waals surface area contributed by atoms with Gasteiger partial charge in [0.2, 0.25) is 0 Å². The molecule has 0 fully saturated rings. The molecule has 0 atom stereocenters. The Hall–Kier alpha value is -2.50. The minimum atomic E-state index is -0.210. The van der Waals surface area contributed by atoms with Crippen LogP contribution >= 0.6 is 0 Å². The van der Waals surface area contributed by atoms with Gasteiger partial charge in [-0.2, -0.15) is 4.98 Å². The molecule has 0 bridgehead atoms. The van der Waals surface area contributed by atoms with Crippen molar-refractivity contribution in [3.63, 3.8) is 0 Å². The third-order valence-corrected chi connectivity index (χ3v) is 4.35. The first-order valence-electron chi connectivity index (χ1n) is 7.67. The highest BCUT2D eigenvalue weighted by Gasteiger charge is 2.22. The summed E-state index contributed by atoms with van der Waals surface area (Å²) in [6.07, 6.45) is 0.771. The highest BCUT2D eigenvalue weighted by Crippen LogP contribution is 2.38. The van der Waals surface area contributed by atoms with Gasteiger partial charge < -0.3 is 14.4 Å². The van der Waals surface area contributed by atoms with Crippen molar-refractivity contribution >= 4 is 5.82 Å². The minimum absolute atomic E-state index is 0.210. The Morgan fingerprint density at radius 2 is 1.91 bits per heavy atom. The number of aromatic nitrogens is 2. The first kappa shape index (κ1) is 15.4. The standard InChI is InChI=1S/C17H21N3O3/c1-5-19(2)16-10-13-12-9-15(23-4)14(22-3)8-11(12)6-7-20(13)17(21)18-16/h8-10H,5-7H2,1-4H3. The summed E-state index contributed by atoms with van der Waals surface area (Å²) in [6, 6.07) is 5.90. The Morgan fingerprint density at radius 3 is 2.57 bits per heavy atom. The number of nitrogens with zero attached hydrogens (tertiary/aromatic N) is 3. The number of benzene rings is 1. The van der Waals surface area contributed by atoms with Gasteiger partial charge in [0.15, 0.2) is 11.5 Å². The topological polar surface area (TPSA) is 56.6 Å². The minimum Gasteiger partial charge on any atom is -0.493 e. The van der Waals surface area contributed by atoms with Gasteiger partial charge in [-0.3, -0.25) is 4.57 Å². The van der Waals surface area contributed by atoms with E-state index in [9.17, 15) is 4.79 Å². The lowest BCUT2D eigenvalue weighted by molar-refractivity contribution is 0.354. The second kappa shape index (κ2) is 5.95. The first-order chi connectivity index (χ1) is 11.1. The maximum atomic E-state index is 12.4.